The van der Waals surface area contributed by atoms with Gasteiger partial charge in [-0.25, -0.2) is 4.79 Å². The predicted octanol–water partition coefficient (Wildman–Crippen LogP) is 5.57. The first-order valence-corrected chi connectivity index (χ1v) is 10.5. The van der Waals surface area contributed by atoms with Gasteiger partial charge in [0.25, 0.3) is 0 Å². The first-order valence-electron chi connectivity index (χ1n) is 9.65. The van der Waals surface area contributed by atoms with Crippen molar-refractivity contribution in [3.05, 3.63) is 87.8 Å². The lowest BCUT2D eigenvalue weighted by atomic mass is 9.88. The van der Waals surface area contributed by atoms with Crippen LogP contribution in [0.3, 0.4) is 0 Å². The number of methoxy groups -OCH3 is 1. The molecule has 0 radical (unpaired) electrons. The molecule has 0 unspecified atom stereocenters. The van der Waals surface area contributed by atoms with Crippen LogP contribution in [0.2, 0.25) is 0 Å². The van der Waals surface area contributed by atoms with Crippen LogP contribution < -0.4 is 5.32 Å². The number of aryl methyl sites for hydroxylation is 1. The summed E-state index contributed by atoms with van der Waals surface area (Å²) in [5.74, 6) is -0.605. The number of thiophene rings is 1. The van der Waals surface area contributed by atoms with E-state index in [1.165, 1.54) is 18.4 Å². The third-order valence-electron chi connectivity index (χ3n) is 5.00. The fourth-order valence-corrected chi connectivity index (χ4v) is 4.72. The minimum Gasteiger partial charge on any atom is -0.465 e. The van der Waals surface area contributed by atoms with E-state index in [4.69, 9.17) is 4.74 Å². The van der Waals surface area contributed by atoms with Crippen LogP contribution in [-0.2, 0) is 16.0 Å². The number of nitrogens with one attached hydrogen (secondary N) is 1. The molecule has 4 nitrogen and oxygen atoms in total. The molecule has 0 saturated heterocycles. The lowest BCUT2D eigenvalue weighted by Gasteiger charge is -2.18. The van der Waals surface area contributed by atoms with Crippen LogP contribution in [0.4, 0.5) is 5.00 Å². The molecular weight excluding hydrogens is 382 g/mol. The van der Waals surface area contributed by atoms with Gasteiger partial charge in [0.1, 0.15) is 5.00 Å². The predicted molar refractivity (Wildman–Crippen MR) is 118 cm³/mol. The average molecular weight is 408 g/mol. The Morgan fingerprint density at radius 3 is 2.03 bits per heavy atom. The second kappa shape index (κ2) is 9.52. The number of hydrogen-bond donors (Lipinski definition) is 1. The SMILES string of the molecule is CCc1c(C)sc(NC(=O)CC(c2ccccc2)c2ccccc2)c1C(=O)OC. The van der Waals surface area contributed by atoms with Gasteiger partial charge in [-0.2, -0.15) is 0 Å². The molecule has 3 rings (SSSR count). The van der Waals surface area contributed by atoms with Crippen molar-refractivity contribution in [2.45, 2.75) is 32.6 Å². The second-order valence-electron chi connectivity index (χ2n) is 6.81. The summed E-state index contributed by atoms with van der Waals surface area (Å²) in [5, 5.41) is 3.54. The lowest BCUT2D eigenvalue weighted by molar-refractivity contribution is -0.116. The molecule has 0 aliphatic rings. The molecule has 150 valence electrons. The maximum Gasteiger partial charge on any atom is 0.341 e. The highest BCUT2D eigenvalue weighted by Crippen LogP contribution is 2.35. The van der Waals surface area contributed by atoms with Gasteiger partial charge in [-0.3, -0.25) is 4.79 Å². The van der Waals surface area contributed by atoms with Gasteiger partial charge < -0.3 is 10.1 Å². The van der Waals surface area contributed by atoms with Crippen molar-refractivity contribution in [3.63, 3.8) is 0 Å². The highest BCUT2D eigenvalue weighted by Gasteiger charge is 2.24. The topological polar surface area (TPSA) is 55.4 Å². The van der Waals surface area contributed by atoms with Crippen molar-refractivity contribution < 1.29 is 14.3 Å². The molecule has 1 N–H and O–H groups in total. The molecule has 0 bridgehead atoms. The number of carbonyl (C=O) groups is 2. The molecule has 5 heteroatoms. The smallest absolute Gasteiger partial charge is 0.341 e. The van der Waals surface area contributed by atoms with Crippen molar-refractivity contribution in [1.29, 1.82) is 0 Å². The van der Waals surface area contributed by atoms with Crippen LogP contribution in [0.1, 0.15) is 51.2 Å². The molecule has 1 aromatic heterocycles. The van der Waals surface area contributed by atoms with Gasteiger partial charge in [-0.15, -0.1) is 11.3 Å². The molecular formula is C24H25NO3S. The zero-order valence-corrected chi connectivity index (χ0v) is 17.7. The van der Waals surface area contributed by atoms with Crippen LogP contribution in [-0.4, -0.2) is 19.0 Å². The Balaban J connectivity index is 1.88. The summed E-state index contributed by atoms with van der Waals surface area (Å²) in [6.45, 7) is 3.95. The quantitative estimate of drug-likeness (QED) is 0.521. The Labute approximate surface area is 175 Å². The Morgan fingerprint density at radius 2 is 1.55 bits per heavy atom. The number of esters is 1. The third-order valence-corrected chi connectivity index (χ3v) is 6.06. The molecule has 0 spiro atoms. The molecule has 0 aliphatic carbocycles. The van der Waals surface area contributed by atoms with Gasteiger partial charge in [-0.1, -0.05) is 67.6 Å². The normalized spacial score (nSPS) is 10.8. The number of amides is 1. The van der Waals surface area contributed by atoms with Crippen molar-refractivity contribution in [2.24, 2.45) is 0 Å². The van der Waals surface area contributed by atoms with Crippen LogP contribution in [0, 0.1) is 6.92 Å². The molecule has 1 amide bonds. The van der Waals surface area contributed by atoms with Gasteiger partial charge in [-0.05, 0) is 30.0 Å². The number of anilines is 1. The van der Waals surface area contributed by atoms with Crippen LogP contribution in [0.25, 0.3) is 0 Å². The zero-order valence-electron chi connectivity index (χ0n) is 16.9. The van der Waals surface area contributed by atoms with E-state index in [1.807, 2.05) is 74.5 Å². The van der Waals surface area contributed by atoms with Crippen molar-refractivity contribution >= 4 is 28.2 Å². The minimum absolute atomic E-state index is 0.0642. The standard InChI is InChI=1S/C24H25NO3S/c1-4-19-16(2)29-23(22(19)24(27)28-3)25-21(26)15-20(17-11-7-5-8-12-17)18-13-9-6-10-14-18/h5-14,20H,4,15H2,1-3H3,(H,25,26). The zero-order chi connectivity index (χ0) is 20.8. The van der Waals surface area contributed by atoms with E-state index in [0.29, 0.717) is 17.0 Å². The van der Waals surface area contributed by atoms with Crippen LogP contribution in [0.5, 0.6) is 0 Å². The van der Waals surface area contributed by atoms with E-state index in [0.717, 1.165) is 21.6 Å². The molecule has 29 heavy (non-hydrogen) atoms. The Bertz CT molecular complexity index is 941. The summed E-state index contributed by atoms with van der Waals surface area (Å²) >= 11 is 1.42. The summed E-state index contributed by atoms with van der Waals surface area (Å²) < 4.78 is 4.95. The number of hydrogen-bond acceptors (Lipinski definition) is 4. The molecule has 0 saturated carbocycles. The first kappa shape index (κ1) is 20.8. The number of carbonyl (C=O) groups excluding carboxylic acids is 2. The molecule has 2 aromatic carbocycles. The van der Waals surface area contributed by atoms with E-state index < -0.39 is 5.97 Å². The molecule has 3 aromatic rings. The highest BCUT2D eigenvalue weighted by molar-refractivity contribution is 7.16. The summed E-state index contributed by atoms with van der Waals surface area (Å²) in [6, 6.07) is 20.0. The second-order valence-corrected chi connectivity index (χ2v) is 8.04. The molecule has 0 fully saturated rings. The van der Waals surface area contributed by atoms with Gasteiger partial charge in [0.2, 0.25) is 5.91 Å². The third kappa shape index (κ3) is 4.74. The molecule has 0 aliphatic heterocycles. The number of benzene rings is 2. The summed E-state index contributed by atoms with van der Waals surface area (Å²) in [6.07, 6.45) is 0.992. The first-order chi connectivity index (χ1) is 14.0. The summed E-state index contributed by atoms with van der Waals surface area (Å²) in [5.41, 5.74) is 3.57. The maximum absolute atomic E-state index is 13.0. The van der Waals surface area contributed by atoms with Gasteiger partial charge in [0, 0.05) is 17.2 Å². The van der Waals surface area contributed by atoms with Crippen molar-refractivity contribution in [1.82, 2.24) is 0 Å². The minimum atomic E-state index is -0.413. The lowest BCUT2D eigenvalue weighted by Crippen LogP contribution is -2.18. The fourth-order valence-electron chi connectivity index (χ4n) is 3.57. The fraction of sp³-hybridized carbons (Fsp3) is 0.250. The largest absolute Gasteiger partial charge is 0.465 e. The Hall–Kier alpha value is -2.92. The van der Waals surface area contributed by atoms with Crippen molar-refractivity contribution in [3.8, 4) is 0 Å². The monoisotopic (exact) mass is 407 g/mol. The Morgan fingerprint density at radius 1 is 1.00 bits per heavy atom. The Kier molecular flexibility index (Phi) is 6.83. The maximum atomic E-state index is 13.0. The van der Waals surface area contributed by atoms with E-state index in [9.17, 15) is 9.59 Å². The van der Waals surface area contributed by atoms with E-state index >= 15 is 0 Å². The van der Waals surface area contributed by atoms with E-state index in [-0.39, 0.29) is 18.2 Å². The molecule has 1 heterocycles. The highest BCUT2D eigenvalue weighted by atomic mass is 32.1. The summed E-state index contributed by atoms with van der Waals surface area (Å²) in [7, 11) is 1.36. The van der Waals surface area contributed by atoms with Crippen LogP contribution >= 0.6 is 11.3 Å². The molecule has 0 atom stereocenters. The van der Waals surface area contributed by atoms with E-state index in [2.05, 4.69) is 5.32 Å². The number of rotatable bonds is 7. The average Bonchev–Trinajstić information content (AvgIpc) is 3.07. The van der Waals surface area contributed by atoms with Gasteiger partial charge in [0.05, 0.1) is 12.7 Å². The van der Waals surface area contributed by atoms with Crippen LogP contribution in [0.15, 0.2) is 60.7 Å². The van der Waals surface area contributed by atoms with Gasteiger partial charge in [0.15, 0.2) is 0 Å². The van der Waals surface area contributed by atoms with Gasteiger partial charge >= 0.3 is 5.97 Å². The summed E-state index contributed by atoms with van der Waals surface area (Å²) in [4.78, 5) is 26.3. The van der Waals surface area contributed by atoms with E-state index in [1.54, 1.807) is 0 Å². The number of ether oxygens (including phenoxy) is 1. The van der Waals surface area contributed by atoms with Crippen molar-refractivity contribution in [2.75, 3.05) is 12.4 Å².